The predicted octanol–water partition coefficient (Wildman–Crippen LogP) is 2.24. The summed E-state index contributed by atoms with van der Waals surface area (Å²) in [6.45, 7) is 0. The van der Waals surface area contributed by atoms with Crippen molar-refractivity contribution in [1.82, 2.24) is 9.55 Å². The molecule has 0 atom stereocenters. The minimum atomic E-state index is -0.0146. The maximum atomic E-state index is 9.94. The van der Waals surface area contributed by atoms with Gasteiger partial charge in [-0.2, -0.15) is 0 Å². The van der Waals surface area contributed by atoms with Crippen LogP contribution in [-0.4, -0.2) is 27.0 Å². The van der Waals surface area contributed by atoms with Crippen LogP contribution in [0.15, 0.2) is 47.6 Å². The molecule has 2 aromatic carbocycles. The SMILES string of the molecule is COc1c(O)ccc2/c(=N/O)n(C)c(-c3ccccc3)nc12. The zero-order chi connectivity index (χ0) is 15.7. The summed E-state index contributed by atoms with van der Waals surface area (Å²) in [7, 11) is 3.23. The Morgan fingerprint density at radius 3 is 2.50 bits per heavy atom. The van der Waals surface area contributed by atoms with Crippen LogP contribution in [0.5, 0.6) is 11.5 Å². The van der Waals surface area contributed by atoms with Gasteiger partial charge in [0.25, 0.3) is 0 Å². The number of fused-ring (bicyclic) bond motifs is 1. The van der Waals surface area contributed by atoms with Crippen molar-refractivity contribution in [1.29, 1.82) is 0 Å². The number of ether oxygens (including phenoxy) is 1. The second-order valence-corrected chi connectivity index (χ2v) is 4.80. The molecule has 3 aromatic rings. The van der Waals surface area contributed by atoms with E-state index in [0.29, 0.717) is 22.2 Å². The van der Waals surface area contributed by atoms with Crippen molar-refractivity contribution in [3.63, 3.8) is 0 Å². The normalized spacial score (nSPS) is 11.8. The molecule has 0 saturated heterocycles. The first kappa shape index (κ1) is 13.9. The van der Waals surface area contributed by atoms with E-state index in [9.17, 15) is 10.3 Å². The van der Waals surface area contributed by atoms with Gasteiger partial charge in [-0.3, -0.25) is 0 Å². The van der Waals surface area contributed by atoms with Gasteiger partial charge in [-0.15, -0.1) is 0 Å². The van der Waals surface area contributed by atoms with Gasteiger partial charge in [-0.1, -0.05) is 35.5 Å². The van der Waals surface area contributed by atoms with E-state index in [1.54, 1.807) is 17.7 Å². The summed E-state index contributed by atoms with van der Waals surface area (Å²) >= 11 is 0. The van der Waals surface area contributed by atoms with E-state index in [2.05, 4.69) is 10.1 Å². The first-order valence-electron chi connectivity index (χ1n) is 6.67. The zero-order valence-corrected chi connectivity index (χ0v) is 12.2. The lowest BCUT2D eigenvalue weighted by Gasteiger charge is -2.13. The van der Waals surface area contributed by atoms with Crippen LogP contribution in [0.1, 0.15) is 0 Å². The molecule has 0 fully saturated rings. The molecule has 0 aliphatic carbocycles. The summed E-state index contributed by atoms with van der Waals surface area (Å²) in [6.07, 6.45) is 0. The number of hydrogen-bond donors (Lipinski definition) is 2. The molecule has 0 bridgehead atoms. The van der Waals surface area contributed by atoms with Crippen LogP contribution in [0.25, 0.3) is 22.3 Å². The van der Waals surface area contributed by atoms with E-state index in [1.807, 2.05) is 30.3 Å². The second kappa shape index (κ2) is 5.40. The molecule has 0 saturated carbocycles. The predicted molar refractivity (Wildman–Crippen MR) is 81.7 cm³/mol. The second-order valence-electron chi connectivity index (χ2n) is 4.80. The third-order valence-electron chi connectivity index (χ3n) is 3.54. The van der Waals surface area contributed by atoms with Gasteiger partial charge in [0.05, 0.1) is 12.5 Å². The Balaban J connectivity index is 2.48. The Hall–Kier alpha value is -3.02. The molecule has 0 spiro atoms. The van der Waals surface area contributed by atoms with E-state index in [4.69, 9.17) is 4.74 Å². The third-order valence-corrected chi connectivity index (χ3v) is 3.54. The number of rotatable bonds is 2. The van der Waals surface area contributed by atoms with Crippen LogP contribution >= 0.6 is 0 Å². The molecule has 0 aliphatic rings. The largest absolute Gasteiger partial charge is 0.504 e. The number of hydrogen-bond acceptors (Lipinski definition) is 5. The molecule has 3 rings (SSSR count). The zero-order valence-electron chi connectivity index (χ0n) is 12.2. The molecule has 1 heterocycles. The Bertz CT molecular complexity index is 902. The van der Waals surface area contributed by atoms with Crippen molar-refractivity contribution < 1.29 is 15.1 Å². The molecule has 2 N–H and O–H groups in total. The van der Waals surface area contributed by atoms with Crippen LogP contribution in [-0.2, 0) is 7.05 Å². The van der Waals surface area contributed by atoms with Gasteiger partial charge in [-0.05, 0) is 12.1 Å². The minimum Gasteiger partial charge on any atom is -0.504 e. The molecule has 0 aliphatic heterocycles. The molecule has 22 heavy (non-hydrogen) atoms. The van der Waals surface area contributed by atoms with E-state index in [0.717, 1.165) is 5.56 Å². The average molecular weight is 297 g/mol. The first-order valence-corrected chi connectivity index (χ1v) is 6.67. The van der Waals surface area contributed by atoms with Crippen LogP contribution < -0.4 is 10.2 Å². The highest BCUT2D eigenvalue weighted by Gasteiger charge is 2.15. The summed E-state index contributed by atoms with van der Waals surface area (Å²) < 4.78 is 6.93. The summed E-state index contributed by atoms with van der Waals surface area (Å²) in [6, 6.07) is 12.7. The van der Waals surface area contributed by atoms with Crippen LogP contribution in [0.2, 0.25) is 0 Å². The third kappa shape index (κ3) is 2.05. The smallest absolute Gasteiger partial charge is 0.187 e. The Labute approximate surface area is 126 Å². The van der Waals surface area contributed by atoms with Gasteiger partial charge in [-0.25, -0.2) is 4.98 Å². The van der Waals surface area contributed by atoms with Gasteiger partial charge < -0.3 is 19.6 Å². The van der Waals surface area contributed by atoms with Gasteiger partial charge in [0.15, 0.2) is 17.0 Å². The number of nitrogens with zero attached hydrogens (tertiary/aromatic N) is 3. The maximum Gasteiger partial charge on any atom is 0.187 e. The standard InChI is InChI=1S/C16H15N3O3/c1-19-15(10-6-4-3-5-7-10)17-13-11(16(19)18-21)8-9-12(20)14(13)22-2/h3-9,20-21H,1-2H3/b18-16-. The van der Waals surface area contributed by atoms with E-state index in [1.165, 1.54) is 13.2 Å². The topological polar surface area (TPSA) is 79.9 Å². The summed E-state index contributed by atoms with van der Waals surface area (Å²) in [5.74, 6) is 0.837. The molecule has 6 heteroatoms. The fourth-order valence-electron chi connectivity index (χ4n) is 2.48. The van der Waals surface area contributed by atoms with Crippen molar-refractivity contribution in [2.75, 3.05) is 7.11 Å². The number of methoxy groups -OCH3 is 1. The highest BCUT2D eigenvalue weighted by Crippen LogP contribution is 2.33. The van der Waals surface area contributed by atoms with Gasteiger partial charge >= 0.3 is 0 Å². The lowest BCUT2D eigenvalue weighted by atomic mass is 10.1. The average Bonchev–Trinajstić information content (AvgIpc) is 2.55. The van der Waals surface area contributed by atoms with E-state index < -0.39 is 0 Å². The van der Waals surface area contributed by atoms with Crippen molar-refractivity contribution in [2.24, 2.45) is 12.2 Å². The quantitative estimate of drug-likeness (QED) is 0.561. The fraction of sp³-hybridized carbons (Fsp3) is 0.125. The minimum absolute atomic E-state index is 0.0146. The Kier molecular flexibility index (Phi) is 3.42. The number of aromatic hydroxyl groups is 1. The van der Waals surface area contributed by atoms with Crippen LogP contribution in [0, 0.1) is 0 Å². The molecule has 6 nitrogen and oxygen atoms in total. The molecule has 112 valence electrons. The summed E-state index contributed by atoms with van der Waals surface area (Å²) in [5, 5.41) is 23.3. The molecule has 0 amide bonds. The van der Waals surface area contributed by atoms with Crippen LogP contribution in [0.4, 0.5) is 0 Å². The van der Waals surface area contributed by atoms with Crippen molar-refractivity contribution in [2.45, 2.75) is 0 Å². The highest BCUT2D eigenvalue weighted by atomic mass is 16.5. The summed E-state index contributed by atoms with van der Waals surface area (Å²) in [5.41, 5.74) is 1.64. The molecule has 1 aromatic heterocycles. The lowest BCUT2D eigenvalue weighted by molar-refractivity contribution is 0.296. The van der Waals surface area contributed by atoms with Crippen molar-refractivity contribution >= 4 is 10.9 Å². The van der Waals surface area contributed by atoms with E-state index in [-0.39, 0.29) is 11.5 Å². The van der Waals surface area contributed by atoms with E-state index >= 15 is 0 Å². The molecule has 0 radical (unpaired) electrons. The molecule has 0 unspecified atom stereocenters. The molecular weight excluding hydrogens is 282 g/mol. The first-order chi connectivity index (χ1) is 10.7. The molecular formula is C16H15N3O3. The lowest BCUT2D eigenvalue weighted by Crippen LogP contribution is -2.22. The highest BCUT2D eigenvalue weighted by molar-refractivity contribution is 5.87. The fourth-order valence-corrected chi connectivity index (χ4v) is 2.48. The number of benzene rings is 2. The van der Waals surface area contributed by atoms with Crippen LogP contribution in [0.3, 0.4) is 0 Å². The van der Waals surface area contributed by atoms with Gasteiger partial charge in [0.2, 0.25) is 0 Å². The number of aromatic nitrogens is 2. The van der Waals surface area contributed by atoms with Gasteiger partial charge in [0.1, 0.15) is 11.3 Å². The Morgan fingerprint density at radius 2 is 1.86 bits per heavy atom. The van der Waals surface area contributed by atoms with Crippen molar-refractivity contribution in [3.8, 4) is 22.9 Å². The van der Waals surface area contributed by atoms with Gasteiger partial charge in [0, 0.05) is 12.6 Å². The monoisotopic (exact) mass is 297 g/mol. The van der Waals surface area contributed by atoms with Crippen molar-refractivity contribution in [3.05, 3.63) is 48.0 Å². The summed E-state index contributed by atoms with van der Waals surface area (Å²) in [4.78, 5) is 4.59. The number of phenols is 1. The Morgan fingerprint density at radius 1 is 1.14 bits per heavy atom. The number of phenolic OH excluding ortho intramolecular Hbond substituents is 1. The maximum absolute atomic E-state index is 9.94.